The number of hydrogen-bond donors (Lipinski definition) is 4. The Labute approximate surface area is 201 Å². The molecule has 0 spiro atoms. The van der Waals surface area contributed by atoms with Gasteiger partial charge in [0.2, 0.25) is 5.91 Å². The fraction of sp³-hybridized carbons (Fsp3) is 0.318. The number of anilines is 3. The smallest absolute Gasteiger partial charge is 0.236 e. The van der Waals surface area contributed by atoms with Gasteiger partial charge in [0.15, 0.2) is 5.13 Å². The molecule has 1 aliphatic rings. The van der Waals surface area contributed by atoms with Crippen LogP contribution in [0.3, 0.4) is 0 Å². The minimum atomic E-state index is -0.367. The largest absolute Gasteiger partial charge is 0.489 e. The van der Waals surface area contributed by atoms with E-state index in [1.54, 1.807) is 6.20 Å². The number of amides is 1. The molecular weight excluding hydrogens is 458 g/mol. The molecule has 2 aromatic heterocycles. The number of aromatic nitrogens is 2. The molecule has 0 saturated carbocycles. The number of thiazole rings is 1. The number of hydrogen-bond acceptors (Lipinski definition) is 10. The first-order chi connectivity index (χ1) is 15.9. The van der Waals surface area contributed by atoms with Crippen molar-refractivity contribution < 1.29 is 9.53 Å². The maximum atomic E-state index is 11.5. The van der Waals surface area contributed by atoms with Gasteiger partial charge in [-0.1, -0.05) is 0 Å². The van der Waals surface area contributed by atoms with Crippen LogP contribution < -0.4 is 31.1 Å². The zero-order valence-corrected chi connectivity index (χ0v) is 20.1. The van der Waals surface area contributed by atoms with E-state index in [0.717, 1.165) is 45.1 Å². The number of carbonyl (C=O) groups is 1. The zero-order chi connectivity index (χ0) is 23.4. The van der Waals surface area contributed by atoms with Crippen LogP contribution >= 0.6 is 23.3 Å². The van der Waals surface area contributed by atoms with E-state index >= 15 is 0 Å². The lowest BCUT2D eigenvalue weighted by Gasteiger charge is -2.32. The lowest BCUT2D eigenvalue weighted by atomic mass is 10.2. The van der Waals surface area contributed by atoms with Gasteiger partial charge >= 0.3 is 0 Å². The van der Waals surface area contributed by atoms with Crippen molar-refractivity contribution in [1.29, 1.82) is 0 Å². The van der Waals surface area contributed by atoms with Crippen LogP contribution in [0.15, 0.2) is 46.8 Å². The van der Waals surface area contributed by atoms with Crippen LogP contribution in [0.1, 0.15) is 13.8 Å². The lowest BCUT2D eigenvalue weighted by molar-refractivity contribution is -0.120. The number of nitrogens with two attached hydrogens (primary N) is 2. The molecule has 0 bridgehead atoms. The number of ether oxygens (including phenoxy) is 1. The molecule has 4 rings (SSSR count). The van der Waals surface area contributed by atoms with E-state index in [1.165, 1.54) is 23.3 Å². The Morgan fingerprint density at radius 2 is 2.21 bits per heavy atom. The third-order valence-electron chi connectivity index (χ3n) is 5.08. The Morgan fingerprint density at radius 1 is 1.36 bits per heavy atom. The van der Waals surface area contributed by atoms with Gasteiger partial charge in [0.25, 0.3) is 0 Å². The molecule has 0 aliphatic carbocycles. The van der Waals surface area contributed by atoms with E-state index in [-0.39, 0.29) is 18.1 Å². The summed E-state index contributed by atoms with van der Waals surface area (Å²) in [6.45, 7) is 5.93. The predicted molar refractivity (Wildman–Crippen MR) is 134 cm³/mol. The van der Waals surface area contributed by atoms with Crippen molar-refractivity contribution in [2.24, 2.45) is 10.9 Å². The molecule has 1 saturated heterocycles. The summed E-state index contributed by atoms with van der Waals surface area (Å²) in [5.74, 6) is 1.21. The highest BCUT2D eigenvalue weighted by Gasteiger charge is 2.24. The molecule has 11 heteroatoms. The van der Waals surface area contributed by atoms with Crippen LogP contribution in [0.25, 0.3) is 11.3 Å². The van der Waals surface area contributed by atoms with E-state index in [1.807, 2.05) is 49.6 Å². The number of carbonyl (C=O) groups excluding carboxylic acids is 1. The van der Waals surface area contributed by atoms with Crippen LogP contribution in [-0.4, -0.2) is 47.7 Å². The molecule has 1 amide bonds. The fourth-order valence-corrected chi connectivity index (χ4v) is 4.55. The number of benzene rings is 1. The summed E-state index contributed by atoms with van der Waals surface area (Å²) >= 11 is 2.69. The van der Waals surface area contributed by atoms with Crippen molar-refractivity contribution in [2.45, 2.75) is 30.9 Å². The summed E-state index contributed by atoms with van der Waals surface area (Å²) in [6.07, 6.45) is 1.85. The summed E-state index contributed by atoms with van der Waals surface area (Å²) in [5, 5.41) is 14.9. The summed E-state index contributed by atoms with van der Waals surface area (Å²) in [6, 6.07) is 9.36. The van der Waals surface area contributed by atoms with Crippen LogP contribution in [0, 0.1) is 0 Å². The standard InChI is InChI=1S/C22H27N7O2S2/c1-13(2)31-19-5-4-15(33-24)9-16(19)27-22-28-18(12-32-22)14-3-6-20(26-10-14)29-8-7-25-17(11-29)21(23)30/h3-6,9-10,12-13,17,25H,7-8,11,24H2,1-2H3,(H2,23,30)(H,27,28). The molecule has 1 unspecified atom stereocenters. The van der Waals surface area contributed by atoms with Gasteiger partial charge in [-0.3, -0.25) is 9.93 Å². The highest BCUT2D eigenvalue weighted by molar-refractivity contribution is 7.97. The predicted octanol–water partition coefficient (Wildman–Crippen LogP) is 2.97. The molecule has 33 heavy (non-hydrogen) atoms. The average Bonchev–Trinajstić information content (AvgIpc) is 3.28. The Balaban J connectivity index is 1.48. The Hall–Kier alpha value is -2.86. The van der Waals surface area contributed by atoms with E-state index in [2.05, 4.69) is 20.5 Å². The van der Waals surface area contributed by atoms with E-state index in [4.69, 9.17) is 20.6 Å². The quantitative estimate of drug-likeness (QED) is 0.356. The third-order valence-corrected chi connectivity index (χ3v) is 6.37. The normalized spacial score (nSPS) is 16.1. The van der Waals surface area contributed by atoms with Crippen molar-refractivity contribution in [3.05, 3.63) is 41.9 Å². The first kappa shape index (κ1) is 23.3. The van der Waals surface area contributed by atoms with Gasteiger partial charge < -0.3 is 26.0 Å². The SMILES string of the molecule is CC(C)Oc1ccc(SN)cc1Nc1nc(-c2ccc(N3CCNC(C(N)=O)C3)nc2)cs1. The molecular formula is C22H27N7O2S2. The number of nitrogens with one attached hydrogen (secondary N) is 2. The minimum Gasteiger partial charge on any atom is -0.489 e. The summed E-state index contributed by atoms with van der Waals surface area (Å²) in [4.78, 5) is 23.8. The topological polar surface area (TPSA) is 131 Å². The molecule has 1 aliphatic heterocycles. The summed E-state index contributed by atoms with van der Waals surface area (Å²) in [7, 11) is 0. The van der Waals surface area contributed by atoms with Crippen molar-refractivity contribution in [3.8, 4) is 17.0 Å². The summed E-state index contributed by atoms with van der Waals surface area (Å²) in [5.41, 5.74) is 7.99. The van der Waals surface area contributed by atoms with Crippen LogP contribution in [-0.2, 0) is 4.79 Å². The minimum absolute atomic E-state index is 0.0484. The number of rotatable bonds is 8. The average molecular weight is 486 g/mol. The van der Waals surface area contributed by atoms with Crippen molar-refractivity contribution in [2.75, 3.05) is 29.9 Å². The van der Waals surface area contributed by atoms with Gasteiger partial charge in [-0.05, 0) is 56.1 Å². The third kappa shape index (κ3) is 5.74. The van der Waals surface area contributed by atoms with Gasteiger partial charge in [-0.25, -0.2) is 9.97 Å². The maximum Gasteiger partial charge on any atom is 0.236 e. The second kappa shape index (κ2) is 10.4. The Morgan fingerprint density at radius 3 is 2.91 bits per heavy atom. The van der Waals surface area contributed by atoms with Crippen LogP contribution in [0.5, 0.6) is 5.75 Å². The van der Waals surface area contributed by atoms with Gasteiger partial charge in [0, 0.05) is 41.7 Å². The monoisotopic (exact) mass is 485 g/mol. The maximum absolute atomic E-state index is 11.5. The van der Waals surface area contributed by atoms with Gasteiger partial charge in [-0.2, -0.15) is 0 Å². The molecule has 9 nitrogen and oxygen atoms in total. The summed E-state index contributed by atoms with van der Waals surface area (Å²) < 4.78 is 5.92. The van der Waals surface area contributed by atoms with Crippen LogP contribution in [0.4, 0.5) is 16.6 Å². The highest BCUT2D eigenvalue weighted by atomic mass is 32.2. The van der Waals surface area contributed by atoms with E-state index < -0.39 is 0 Å². The molecule has 3 aromatic rings. The van der Waals surface area contributed by atoms with Gasteiger partial charge in [-0.15, -0.1) is 11.3 Å². The molecule has 1 atom stereocenters. The second-order valence-electron chi connectivity index (χ2n) is 7.87. The molecule has 1 fully saturated rings. The first-order valence-corrected chi connectivity index (χ1v) is 12.3. The van der Waals surface area contributed by atoms with Gasteiger partial charge in [0.1, 0.15) is 17.6 Å². The number of nitrogens with zero attached hydrogens (tertiary/aromatic N) is 3. The molecule has 174 valence electrons. The fourth-order valence-electron chi connectivity index (χ4n) is 3.49. The van der Waals surface area contributed by atoms with Crippen molar-refractivity contribution in [1.82, 2.24) is 15.3 Å². The Kier molecular flexibility index (Phi) is 7.33. The molecule has 1 aromatic carbocycles. The number of pyridine rings is 1. The van der Waals surface area contributed by atoms with E-state index in [9.17, 15) is 4.79 Å². The Bertz CT molecular complexity index is 1100. The number of primary amides is 1. The van der Waals surface area contributed by atoms with Gasteiger partial charge in [0.05, 0.1) is 17.5 Å². The highest BCUT2D eigenvalue weighted by Crippen LogP contribution is 2.34. The van der Waals surface area contributed by atoms with Crippen LogP contribution in [0.2, 0.25) is 0 Å². The second-order valence-corrected chi connectivity index (χ2v) is 9.43. The molecule has 0 radical (unpaired) electrons. The first-order valence-electron chi connectivity index (χ1n) is 10.6. The molecule has 3 heterocycles. The molecule has 6 N–H and O–H groups in total. The lowest BCUT2D eigenvalue weighted by Crippen LogP contribution is -2.56. The van der Waals surface area contributed by atoms with Crippen molar-refractivity contribution >= 4 is 45.8 Å². The zero-order valence-electron chi connectivity index (χ0n) is 18.4. The number of piperazine rings is 1. The van der Waals surface area contributed by atoms with Crippen molar-refractivity contribution in [3.63, 3.8) is 0 Å². The van der Waals surface area contributed by atoms with E-state index in [0.29, 0.717) is 13.1 Å².